The van der Waals surface area contributed by atoms with Crippen molar-refractivity contribution in [1.82, 2.24) is 0 Å². The molecule has 6 heteroatoms. The summed E-state index contributed by atoms with van der Waals surface area (Å²) in [6, 6.07) is 6.40. The first-order valence-corrected chi connectivity index (χ1v) is 5.91. The highest BCUT2D eigenvalue weighted by Gasteiger charge is 2.24. The summed E-state index contributed by atoms with van der Waals surface area (Å²) in [6.07, 6.45) is 0. The zero-order valence-corrected chi connectivity index (χ0v) is 11.5. The fourth-order valence-electron chi connectivity index (χ4n) is 1.39. The van der Waals surface area contributed by atoms with Crippen LogP contribution >= 0.6 is 0 Å². The first kappa shape index (κ1) is 15.7. The Morgan fingerprint density at radius 2 is 1.65 bits per heavy atom. The lowest BCUT2D eigenvalue weighted by Gasteiger charge is -2.09. The highest BCUT2D eigenvalue weighted by molar-refractivity contribution is 5.99. The lowest BCUT2D eigenvalue weighted by Crippen LogP contribution is -2.26. The van der Waals surface area contributed by atoms with E-state index in [-0.39, 0.29) is 5.78 Å². The van der Waals surface area contributed by atoms with E-state index in [1.807, 2.05) is 0 Å². The molecule has 0 heterocycles. The molecule has 0 spiro atoms. The van der Waals surface area contributed by atoms with E-state index in [2.05, 4.69) is 4.74 Å². The molecule has 1 aromatic rings. The van der Waals surface area contributed by atoms with Crippen LogP contribution in [0.1, 0.15) is 17.3 Å². The quantitative estimate of drug-likeness (QED) is 0.443. The molecular weight excluding hydrogens is 264 g/mol. The van der Waals surface area contributed by atoms with Crippen LogP contribution in [-0.4, -0.2) is 38.5 Å². The molecule has 1 rings (SSSR count). The smallest absolute Gasteiger partial charge is 0.320 e. The third-order valence-electron chi connectivity index (χ3n) is 2.67. The SMILES string of the molecule is COC(=O)C(C)C(=O)OCC(=O)c1ccc(OC)cc1. The Labute approximate surface area is 116 Å². The number of Topliss-reactive ketones (excluding diaryl/α,β-unsaturated/α-hetero) is 1. The first-order chi connectivity index (χ1) is 9.49. The number of hydrogen-bond acceptors (Lipinski definition) is 6. The van der Waals surface area contributed by atoms with E-state index in [1.54, 1.807) is 24.3 Å². The zero-order valence-electron chi connectivity index (χ0n) is 11.5. The van der Waals surface area contributed by atoms with Crippen LogP contribution in [0.3, 0.4) is 0 Å². The topological polar surface area (TPSA) is 78.9 Å². The zero-order chi connectivity index (χ0) is 15.1. The van der Waals surface area contributed by atoms with E-state index in [4.69, 9.17) is 9.47 Å². The maximum Gasteiger partial charge on any atom is 0.320 e. The van der Waals surface area contributed by atoms with Gasteiger partial charge in [-0.2, -0.15) is 0 Å². The predicted octanol–water partition coefficient (Wildman–Crippen LogP) is 1.23. The summed E-state index contributed by atoms with van der Waals surface area (Å²) < 4.78 is 14.2. The second kappa shape index (κ2) is 7.28. The fraction of sp³-hybridized carbons (Fsp3) is 0.357. The number of carbonyl (C=O) groups excluding carboxylic acids is 3. The summed E-state index contributed by atoms with van der Waals surface area (Å²) >= 11 is 0. The van der Waals surface area contributed by atoms with Gasteiger partial charge in [0.1, 0.15) is 5.75 Å². The largest absolute Gasteiger partial charge is 0.497 e. The molecule has 20 heavy (non-hydrogen) atoms. The Balaban J connectivity index is 2.54. The van der Waals surface area contributed by atoms with Gasteiger partial charge in [-0.25, -0.2) is 0 Å². The second-order valence-corrected chi connectivity index (χ2v) is 4.00. The number of rotatable bonds is 6. The highest BCUT2D eigenvalue weighted by Crippen LogP contribution is 2.12. The predicted molar refractivity (Wildman–Crippen MR) is 69.5 cm³/mol. The number of esters is 2. The summed E-state index contributed by atoms with van der Waals surface area (Å²) in [4.78, 5) is 34.4. The van der Waals surface area contributed by atoms with Crippen molar-refractivity contribution >= 4 is 17.7 Å². The van der Waals surface area contributed by atoms with Crippen LogP contribution in [-0.2, 0) is 19.1 Å². The molecular formula is C14H16O6. The van der Waals surface area contributed by atoms with Crippen LogP contribution in [0.2, 0.25) is 0 Å². The van der Waals surface area contributed by atoms with E-state index in [0.717, 1.165) is 0 Å². The Morgan fingerprint density at radius 1 is 1.05 bits per heavy atom. The summed E-state index contributed by atoms with van der Waals surface area (Å²) in [5.74, 6) is -2.29. The standard InChI is InChI=1S/C14H16O6/c1-9(13(16)19-3)14(17)20-8-12(15)10-4-6-11(18-2)7-5-10/h4-7,9H,8H2,1-3H3. The van der Waals surface area contributed by atoms with Crippen molar-refractivity contribution in [2.45, 2.75) is 6.92 Å². The van der Waals surface area contributed by atoms with Crippen molar-refractivity contribution in [2.75, 3.05) is 20.8 Å². The maximum atomic E-state index is 11.8. The van der Waals surface area contributed by atoms with E-state index in [0.29, 0.717) is 11.3 Å². The molecule has 0 amide bonds. The summed E-state index contributed by atoms with van der Waals surface area (Å²) in [6.45, 7) is 0.929. The number of hydrogen-bond donors (Lipinski definition) is 0. The molecule has 0 aliphatic heterocycles. The van der Waals surface area contributed by atoms with Gasteiger partial charge >= 0.3 is 11.9 Å². The van der Waals surface area contributed by atoms with Gasteiger partial charge in [0.05, 0.1) is 14.2 Å². The van der Waals surface area contributed by atoms with Crippen molar-refractivity contribution in [3.05, 3.63) is 29.8 Å². The summed E-state index contributed by atoms with van der Waals surface area (Å²) in [5, 5.41) is 0. The number of ketones is 1. The average molecular weight is 280 g/mol. The highest BCUT2D eigenvalue weighted by atomic mass is 16.6. The van der Waals surface area contributed by atoms with Crippen LogP contribution in [0.25, 0.3) is 0 Å². The van der Waals surface area contributed by atoms with E-state index in [9.17, 15) is 14.4 Å². The Kier molecular flexibility index (Phi) is 5.71. The van der Waals surface area contributed by atoms with Gasteiger partial charge in [0, 0.05) is 5.56 Å². The van der Waals surface area contributed by atoms with Gasteiger partial charge in [-0.05, 0) is 31.2 Å². The Hall–Kier alpha value is -2.37. The molecule has 0 saturated carbocycles. The molecule has 108 valence electrons. The third kappa shape index (κ3) is 4.08. The van der Waals surface area contributed by atoms with Gasteiger partial charge in [-0.1, -0.05) is 0 Å². The minimum Gasteiger partial charge on any atom is -0.497 e. The molecule has 0 bridgehead atoms. The van der Waals surface area contributed by atoms with Crippen LogP contribution < -0.4 is 4.74 Å². The van der Waals surface area contributed by atoms with Crippen LogP contribution in [0.15, 0.2) is 24.3 Å². The minimum atomic E-state index is -1.05. The van der Waals surface area contributed by atoms with E-state index >= 15 is 0 Å². The van der Waals surface area contributed by atoms with Crippen LogP contribution in [0, 0.1) is 5.92 Å². The van der Waals surface area contributed by atoms with Crippen molar-refractivity contribution in [3.8, 4) is 5.75 Å². The van der Waals surface area contributed by atoms with Gasteiger partial charge < -0.3 is 14.2 Å². The summed E-state index contributed by atoms with van der Waals surface area (Å²) in [5.41, 5.74) is 0.393. The molecule has 1 aromatic carbocycles. The van der Waals surface area contributed by atoms with Gasteiger partial charge in [-0.3, -0.25) is 14.4 Å². The lowest BCUT2D eigenvalue weighted by atomic mass is 10.1. The third-order valence-corrected chi connectivity index (χ3v) is 2.67. The number of benzene rings is 1. The molecule has 0 fully saturated rings. The molecule has 0 aromatic heterocycles. The van der Waals surface area contributed by atoms with Crippen molar-refractivity contribution in [1.29, 1.82) is 0 Å². The van der Waals surface area contributed by atoms with Gasteiger partial charge in [0.25, 0.3) is 0 Å². The van der Waals surface area contributed by atoms with Crippen LogP contribution in [0.4, 0.5) is 0 Å². The average Bonchev–Trinajstić information content (AvgIpc) is 2.50. The maximum absolute atomic E-state index is 11.8. The second-order valence-electron chi connectivity index (χ2n) is 4.00. The van der Waals surface area contributed by atoms with Gasteiger partial charge in [0.15, 0.2) is 18.3 Å². The number of ether oxygens (including phenoxy) is 3. The number of carbonyl (C=O) groups is 3. The molecule has 0 radical (unpaired) electrons. The molecule has 6 nitrogen and oxygen atoms in total. The van der Waals surface area contributed by atoms with Gasteiger partial charge in [0.2, 0.25) is 0 Å². The molecule has 0 saturated heterocycles. The molecule has 0 aliphatic carbocycles. The fourth-order valence-corrected chi connectivity index (χ4v) is 1.39. The molecule has 0 aliphatic rings. The number of methoxy groups -OCH3 is 2. The molecule has 1 unspecified atom stereocenters. The molecule has 1 atom stereocenters. The Morgan fingerprint density at radius 3 is 2.15 bits per heavy atom. The minimum absolute atomic E-state index is 0.363. The monoisotopic (exact) mass is 280 g/mol. The van der Waals surface area contributed by atoms with Crippen molar-refractivity contribution in [3.63, 3.8) is 0 Å². The van der Waals surface area contributed by atoms with Crippen LogP contribution in [0.5, 0.6) is 5.75 Å². The normalized spacial score (nSPS) is 11.3. The summed E-state index contributed by atoms with van der Waals surface area (Å²) in [7, 11) is 2.70. The van der Waals surface area contributed by atoms with Crippen molar-refractivity contribution in [2.24, 2.45) is 5.92 Å². The van der Waals surface area contributed by atoms with Crippen molar-refractivity contribution < 1.29 is 28.6 Å². The Bertz CT molecular complexity index is 491. The first-order valence-electron chi connectivity index (χ1n) is 5.91. The van der Waals surface area contributed by atoms with E-state index in [1.165, 1.54) is 21.1 Å². The lowest BCUT2D eigenvalue weighted by molar-refractivity contribution is -0.158. The molecule has 0 N–H and O–H groups in total. The van der Waals surface area contributed by atoms with E-state index < -0.39 is 24.5 Å². The van der Waals surface area contributed by atoms with Gasteiger partial charge in [-0.15, -0.1) is 0 Å².